The number of aromatic nitrogens is 3. The fraction of sp³-hybridized carbons (Fsp3) is 0.222. The van der Waals surface area contributed by atoms with Crippen LogP contribution in [0.15, 0.2) is 12.1 Å². The van der Waals surface area contributed by atoms with E-state index in [0.29, 0.717) is 5.65 Å². The van der Waals surface area contributed by atoms with Crippen LogP contribution in [0.1, 0.15) is 23.2 Å². The van der Waals surface area contributed by atoms with Gasteiger partial charge in [-0.3, -0.25) is 0 Å². The molecule has 2 aromatic rings. The normalized spacial score (nSPS) is 10.6. The quantitative estimate of drug-likeness (QED) is 0.747. The summed E-state index contributed by atoms with van der Waals surface area (Å²) in [6.07, 6.45) is 0.777. The van der Waals surface area contributed by atoms with Crippen molar-refractivity contribution >= 4 is 17.1 Å². The van der Waals surface area contributed by atoms with E-state index in [0.717, 1.165) is 17.8 Å². The van der Waals surface area contributed by atoms with Gasteiger partial charge in [0.15, 0.2) is 11.3 Å². The monoisotopic (exact) mass is 191 g/mol. The van der Waals surface area contributed by atoms with Gasteiger partial charge in [-0.2, -0.15) is 0 Å². The van der Waals surface area contributed by atoms with Gasteiger partial charge in [-0.05, 0) is 12.1 Å². The maximum absolute atomic E-state index is 10.6. The van der Waals surface area contributed by atoms with Crippen LogP contribution >= 0.6 is 0 Å². The number of rotatable bonds is 2. The standard InChI is InChI=1S/C9H9N3O2/c1-2-7-10-5-3-4-6(9(13)14)11-8(5)12-7/h3-4H,2H2,1H3,(H,13,14)(H,10,11,12). The van der Waals surface area contributed by atoms with E-state index in [1.807, 2.05) is 6.92 Å². The number of pyridine rings is 1. The summed E-state index contributed by atoms with van der Waals surface area (Å²) < 4.78 is 0. The molecule has 0 fully saturated rings. The van der Waals surface area contributed by atoms with E-state index >= 15 is 0 Å². The van der Waals surface area contributed by atoms with E-state index in [4.69, 9.17) is 5.11 Å². The first-order chi connectivity index (χ1) is 6.70. The average Bonchev–Trinajstić information content (AvgIpc) is 2.58. The van der Waals surface area contributed by atoms with Crippen LogP contribution in [0.2, 0.25) is 0 Å². The Morgan fingerprint density at radius 2 is 2.29 bits per heavy atom. The van der Waals surface area contributed by atoms with Gasteiger partial charge in [0.2, 0.25) is 0 Å². The van der Waals surface area contributed by atoms with Crippen LogP contribution in [-0.2, 0) is 6.42 Å². The minimum Gasteiger partial charge on any atom is -0.477 e. The minimum absolute atomic E-state index is 0.0200. The molecule has 0 aromatic carbocycles. The summed E-state index contributed by atoms with van der Waals surface area (Å²) in [6, 6.07) is 3.14. The first kappa shape index (κ1) is 8.68. The highest BCUT2D eigenvalue weighted by molar-refractivity contribution is 5.88. The molecule has 0 spiro atoms. The van der Waals surface area contributed by atoms with E-state index in [2.05, 4.69) is 15.0 Å². The largest absolute Gasteiger partial charge is 0.477 e. The third kappa shape index (κ3) is 1.32. The van der Waals surface area contributed by atoms with Crippen molar-refractivity contribution < 1.29 is 9.90 Å². The summed E-state index contributed by atoms with van der Waals surface area (Å²) in [7, 11) is 0. The number of carboxylic acids is 1. The van der Waals surface area contributed by atoms with Crippen molar-refractivity contribution in [2.24, 2.45) is 0 Å². The molecule has 0 aliphatic carbocycles. The summed E-state index contributed by atoms with van der Waals surface area (Å²) in [4.78, 5) is 21.7. The Hall–Kier alpha value is -1.91. The molecule has 0 bridgehead atoms. The Bertz CT molecular complexity index is 490. The number of hydrogen-bond donors (Lipinski definition) is 2. The highest BCUT2D eigenvalue weighted by atomic mass is 16.4. The molecule has 0 unspecified atom stereocenters. The SMILES string of the molecule is CCc1nc2nc(C(=O)O)ccc2[nH]1. The number of aryl methyl sites for hydroxylation is 1. The van der Waals surface area contributed by atoms with Crippen LogP contribution in [0.4, 0.5) is 0 Å². The third-order valence-electron chi connectivity index (χ3n) is 1.95. The van der Waals surface area contributed by atoms with Crippen molar-refractivity contribution in [3.05, 3.63) is 23.7 Å². The van der Waals surface area contributed by atoms with E-state index in [-0.39, 0.29) is 5.69 Å². The molecule has 0 radical (unpaired) electrons. The zero-order valence-electron chi connectivity index (χ0n) is 7.61. The number of H-pyrrole nitrogens is 1. The first-order valence-corrected chi connectivity index (χ1v) is 4.29. The fourth-order valence-electron chi connectivity index (χ4n) is 1.23. The van der Waals surface area contributed by atoms with Gasteiger partial charge in [0.1, 0.15) is 5.82 Å². The molecule has 5 heteroatoms. The number of nitrogens with zero attached hydrogens (tertiary/aromatic N) is 2. The maximum atomic E-state index is 10.6. The summed E-state index contributed by atoms with van der Waals surface area (Å²) in [6.45, 7) is 1.97. The second kappa shape index (κ2) is 3.10. The van der Waals surface area contributed by atoms with Gasteiger partial charge < -0.3 is 10.1 Å². The van der Waals surface area contributed by atoms with Crippen molar-refractivity contribution in [2.75, 3.05) is 0 Å². The zero-order valence-corrected chi connectivity index (χ0v) is 7.61. The van der Waals surface area contributed by atoms with Crippen LogP contribution in [0.5, 0.6) is 0 Å². The van der Waals surface area contributed by atoms with Crippen molar-refractivity contribution in [1.82, 2.24) is 15.0 Å². The molecule has 2 rings (SSSR count). The number of aromatic carboxylic acids is 1. The maximum Gasteiger partial charge on any atom is 0.354 e. The zero-order chi connectivity index (χ0) is 10.1. The number of carbonyl (C=O) groups is 1. The molecule has 0 saturated carbocycles. The third-order valence-corrected chi connectivity index (χ3v) is 1.95. The van der Waals surface area contributed by atoms with Crippen molar-refractivity contribution in [3.8, 4) is 0 Å². The number of carboxylic acid groups (broad SMARTS) is 1. The molecule has 0 atom stereocenters. The Labute approximate surface area is 79.8 Å². The van der Waals surface area contributed by atoms with Crippen LogP contribution < -0.4 is 0 Å². The lowest BCUT2D eigenvalue weighted by Crippen LogP contribution is -1.99. The topological polar surface area (TPSA) is 78.9 Å². The molecule has 0 saturated heterocycles. The van der Waals surface area contributed by atoms with Crippen molar-refractivity contribution in [1.29, 1.82) is 0 Å². The van der Waals surface area contributed by atoms with Gasteiger partial charge in [-0.25, -0.2) is 14.8 Å². The summed E-state index contributed by atoms with van der Waals surface area (Å²) in [5.41, 5.74) is 1.25. The van der Waals surface area contributed by atoms with E-state index < -0.39 is 5.97 Å². The summed E-state index contributed by atoms with van der Waals surface area (Å²) in [5, 5.41) is 8.71. The van der Waals surface area contributed by atoms with E-state index in [9.17, 15) is 4.79 Å². The van der Waals surface area contributed by atoms with Crippen molar-refractivity contribution in [2.45, 2.75) is 13.3 Å². The molecule has 72 valence electrons. The minimum atomic E-state index is -1.03. The number of hydrogen-bond acceptors (Lipinski definition) is 3. The van der Waals surface area contributed by atoms with E-state index in [1.54, 1.807) is 6.07 Å². The predicted octanol–water partition coefficient (Wildman–Crippen LogP) is 1.22. The lowest BCUT2D eigenvalue weighted by atomic mass is 10.3. The molecule has 0 amide bonds. The molecular formula is C9H9N3O2. The Balaban J connectivity index is 2.59. The molecule has 5 nitrogen and oxygen atoms in total. The second-order valence-corrected chi connectivity index (χ2v) is 2.91. The number of fused-ring (bicyclic) bond motifs is 1. The van der Waals surface area contributed by atoms with Crippen molar-refractivity contribution in [3.63, 3.8) is 0 Å². The Morgan fingerprint density at radius 1 is 1.50 bits per heavy atom. The summed E-state index contributed by atoms with van der Waals surface area (Å²) >= 11 is 0. The van der Waals surface area contributed by atoms with Crippen LogP contribution in [-0.4, -0.2) is 26.0 Å². The molecular weight excluding hydrogens is 182 g/mol. The van der Waals surface area contributed by atoms with E-state index in [1.165, 1.54) is 6.07 Å². The molecule has 2 aromatic heterocycles. The Morgan fingerprint density at radius 3 is 2.93 bits per heavy atom. The lowest BCUT2D eigenvalue weighted by Gasteiger charge is -1.91. The van der Waals surface area contributed by atoms with Crippen LogP contribution in [0.25, 0.3) is 11.2 Å². The van der Waals surface area contributed by atoms with Gasteiger partial charge in [0, 0.05) is 6.42 Å². The summed E-state index contributed by atoms with van der Waals surface area (Å²) in [5.74, 6) is -0.219. The molecule has 0 aliphatic heterocycles. The molecule has 14 heavy (non-hydrogen) atoms. The lowest BCUT2D eigenvalue weighted by molar-refractivity contribution is 0.0691. The average molecular weight is 191 g/mol. The Kier molecular flexibility index (Phi) is 1.92. The second-order valence-electron chi connectivity index (χ2n) is 2.91. The van der Waals surface area contributed by atoms with Crippen LogP contribution in [0.3, 0.4) is 0 Å². The highest BCUT2D eigenvalue weighted by Crippen LogP contribution is 2.10. The first-order valence-electron chi connectivity index (χ1n) is 4.29. The van der Waals surface area contributed by atoms with Gasteiger partial charge in [0.25, 0.3) is 0 Å². The van der Waals surface area contributed by atoms with Gasteiger partial charge in [-0.1, -0.05) is 6.92 Å². The number of nitrogens with one attached hydrogen (secondary N) is 1. The van der Waals surface area contributed by atoms with Gasteiger partial charge in [0.05, 0.1) is 5.52 Å². The fourth-order valence-corrected chi connectivity index (χ4v) is 1.23. The predicted molar refractivity (Wildman–Crippen MR) is 50.2 cm³/mol. The molecule has 2 N–H and O–H groups in total. The number of imidazole rings is 1. The highest BCUT2D eigenvalue weighted by Gasteiger charge is 2.07. The molecule has 2 heterocycles. The molecule has 0 aliphatic rings. The van der Waals surface area contributed by atoms with Gasteiger partial charge in [-0.15, -0.1) is 0 Å². The van der Waals surface area contributed by atoms with Crippen LogP contribution in [0, 0.1) is 0 Å². The van der Waals surface area contributed by atoms with Gasteiger partial charge >= 0.3 is 5.97 Å². The smallest absolute Gasteiger partial charge is 0.354 e. The number of aromatic amines is 1.